The Morgan fingerprint density at radius 3 is 3.20 bits per heavy atom. The highest BCUT2D eigenvalue weighted by Crippen LogP contribution is 2.09. The lowest BCUT2D eigenvalue weighted by atomic mass is 10.1. The molecule has 0 aliphatic carbocycles. The van der Waals surface area contributed by atoms with Gasteiger partial charge < -0.3 is 10.6 Å². The van der Waals surface area contributed by atoms with Crippen molar-refractivity contribution in [3.8, 4) is 0 Å². The summed E-state index contributed by atoms with van der Waals surface area (Å²) < 4.78 is 0. The van der Waals surface area contributed by atoms with Crippen molar-refractivity contribution in [1.82, 2.24) is 10.3 Å². The van der Waals surface area contributed by atoms with Gasteiger partial charge in [0.25, 0.3) is 0 Å². The molecule has 1 aromatic rings. The largest absolute Gasteiger partial charge is 0.370 e. The first-order chi connectivity index (χ1) is 7.34. The SMILES string of the molecule is Cc1cccc(NCC[C@H]2CCCN2)n1. The molecule has 0 amide bonds. The third-order valence-electron chi connectivity index (χ3n) is 2.85. The summed E-state index contributed by atoms with van der Waals surface area (Å²) in [5.74, 6) is 0.994. The van der Waals surface area contributed by atoms with Crippen LogP contribution < -0.4 is 10.6 Å². The summed E-state index contributed by atoms with van der Waals surface area (Å²) in [5, 5.41) is 6.86. The van der Waals surface area contributed by atoms with E-state index in [9.17, 15) is 0 Å². The molecule has 0 unspecified atom stereocenters. The van der Waals surface area contributed by atoms with Crippen molar-refractivity contribution < 1.29 is 0 Å². The van der Waals surface area contributed by atoms with E-state index in [-0.39, 0.29) is 0 Å². The fourth-order valence-corrected chi connectivity index (χ4v) is 2.02. The van der Waals surface area contributed by atoms with Crippen LogP contribution in [0.2, 0.25) is 0 Å². The van der Waals surface area contributed by atoms with Crippen molar-refractivity contribution in [2.45, 2.75) is 32.2 Å². The maximum Gasteiger partial charge on any atom is 0.126 e. The van der Waals surface area contributed by atoms with Crippen LogP contribution in [0, 0.1) is 6.92 Å². The van der Waals surface area contributed by atoms with Crippen molar-refractivity contribution in [3.05, 3.63) is 23.9 Å². The predicted molar refractivity (Wildman–Crippen MR) is 63.1 cm³/mol. The first-order valence-corrected chi connectivity index (χ1v) is 5.75. The minimum Gasteiger partial charge on any atom is -0.370 e. The van der Waals surface area contributed by atoms with Crippen molar-refractivity contribution in [3.63, 3.8) is 0 Å². The molecule has 2 heterocycles. The Hall–Kier alpha value is -1.09. The van der Waals surface area contributed by atoms with Gasteiger partial charge in [0.05, 0.1) is 0 Å². The summed E-state index contributed by atoms with van der Waals surface area (Å²) >= 11 is 0. The van der Waals surface area contributed by atoms with Gasteiger partial charge in [0, 0.05) is 18.3 Å². The number of anilines is 1. The zero-order chi connectivity index (χ0) is 10.5. The van der Waals surface area contributed by atoms with Crippen LogP contribution in [-0.2, 0) is 0 Å². The number of aromatic nitrogens is 1. The fourth-order valence-electron chi connectivity index (χ4n) is 2.02. The van der Waals surface area contributed by atoms with Crippen LogP contribution in [0.1, 0.15) is 25.0 Å². The second-order valence-corrected chi connectivity index (χ2v) is 4.17. The Balaban J connectivity index is 1.73. The van der Waals surface area contributed by atoms with Gasteiger partial charge in [-0.25, -0.2) is 4.98 Å². The summed E-state index contributed by atoms with van der Waals surface area (Å²) in [6.07, 6.45) is 3.84. The monoisotopic (exact) mass is 205 g/mol. The van der Waals surface area contributed by atoms with Crippen LogP contribution in [0.15, 0.2) is 18.2 Å². The van der Waals surface area contributed by atoms with Gasteiger partial charge in [-0.15, -0.1) is 0 Å². The van der Waals surface area contributed by atoms with E-state index in [0.717, 1.165) is 18.1 Å². The number of nitrogens with zero attached hydrogens (tertiary/aromatic N) is 1. The van der Waals surface area contributed by atoms with Gasteiger partial charge in [0.1, 0.15) is 5.82 Å². The summed E-state index contributed by atoms with van der Waals surface area (Å²) in [5.41, 5.74) is 1.07. The Labute approximate surface area is 91.3 Å². The first kappa shape index (κ1) is 10.4. The molecule has 1 atom stereocenters. The Morgan fingerprint density at radius 2 is 2.47 bits per heavy atom. The van der Waals surface area contributed by atoms with E-state index < -0.39 is 0 Å². The normalized spacial score (nSPS) is 20.5. The molecule has 1 aliphatic rings. The lowest BCUT2D eigenvalue weighted by Crippen LogP contribution is -2.24. The molecule has 0 bridgehead atoms. The summed E-state index contributed by atoms with van der Waals surface area (Å²) in [6.45, 7) is 4.21. The molecular weight excluding hydrogens is 186 g/mol. The van der Waals surface area contributed by atoms with E-state index in [2.05, 4.69) is 15.6 Å². The minimum atomic E-state index is 0.710. The van der Waals surface area contributed by atoms with Gasteiger partial charge in [-0.3, -0.25) is 0 Å². The van der Waals surface area contributed by atoms with Gasteiger partial charge in [-0.05, 0) is 44.9 Å². The first-order valence-electron chi connectivity index (χ1n) is 5.75. The quantitative estimate of drug-likeness (QED) is 0.789. The molecule has 3 heteroatoms. The Kier molecular flexibility index (Phi) is 3.56. The summed E-state index contributed by atoms with van der Waals surface area (Å²) in [7, 11) is 0. The summed E-state index contributed by atoms with van der Waals surface area (Å²) in [4.78, 5) is 4.41. The number of pyridine rings is 1. The molecule has 0 saturated carbocycles. The molecule has 1 aliphatic heterocycles. The Bertz CT molecular complexity index is 305. The molecule has 0 radical (unpaired) electrons. The average Bonchev–Trinajstić information content (AvgIpc) is 2.71. The molecule has 2 rings (SSSR count). The van der Waals surface area contributed by atoms with E-state index in [1.807, 2.05) is 25.1 Å². The third kappa shape index (κ3) is 3.20. The lowest BCUT2D eigenvalue weighted by molar-refractivity contribution is 0.574. The highest BCUT2D eigenvalue weighted by atomic mass is 15.0. The van der Waals surface area contributed by atoms with E-state index in [0.29, 0.717) is 6.04 Å². The maximum absolute atomic E-state index is 4.41. The van der Waals surface area contributed by atoms with Crippen LogP contribution in [0.4, 0.5) is 5.82 Å². The number of rotatable bonds is 4. The second kappa shape index (κ2) is 5.12. The van der Waals surface area contributed by atoms with E-state index >= 15 is 0 Å². The van der Waals surface area contributed by atoms with Gasteiger partial charge in [0.15, 0.2) is 0 Å². The van der Waals surface area contributed by atoms with Gasteiger partial charge >= 0.3 is 0 Å². The molecule has 0 spiro atoms. The predicted octanol–water partition coefficient (Wildman–Crippen LogP) is 1.94. The highest BCUT2D eigenvalue weighted by molar-refractivity contribution is 5.34. The molecule has 1 aromatic heterocycles. The number of aryl methyl sites for hydroxylation is 1. The zero-order valence-corrected chi connectivity index (χ0v) is 9.29. The number of hydrogen-bond donors (Lipinski definition) is 2. The molecule has 82 valence electrons. The van der Waals surface area contributed by atoms with Crippen molar-refractivity contribution in [2.24, 2.45) is 0 Å². The molecule has 1 saturated heterocycles. The molecule has 15 heavy (non-hydrogen) atoms. The third-order valence-corrected chi connectivity index (χ3v) is 2.85. The van der Waals surface area contributed by atoms with Gasteiger partial charge in [0.2, 0.25) is 0 Å². The van der Waals surface area contributed by atoms with E-state index in [1.54, 1.807) is 0 Å². The van der Waals surface area contributed by atoms with Crippen LogP contribution in [0.3, 0.4) is 0 Å². The molecule has 0 aromatic carbocycles. The fraction of sp³-hybridized carbons (Fsp3) is 0.583. The van der Waals surface area contributed by atoms with E-state index in [1.165, 1.54) is 25.8 Å². The van der Waals surface area contributed by atoms with Crippen LogP contribution in [0.25, 0.3) is 0 Å². The highest BCUT2D eigenvalue weighted by Gasteiger charge is 2.12. The van der Waals surface area contributed by atoms with Crippen molar-refractivity contribution in [2.75, 3.05) is 18.4 Å². The molecule has 2 N–H and O–H groups in total. The smallest absolute Gasteiger partial charge is 0.126 e. The topological polar surface area (TPSA) is 37.0 Å². The summed E-state index contributed by atoms with van der Waals surface area (Å²) in [6, 6.07) is 6.79. The van der Waals surface area contributed by atoms with Crippen molar-refractivity contribution >= 4 is 5.82 Å². The van der Waals surface area contributed by atoms with Crippen LogP contribution in [-0.4, -0.2) is 24.1 Å². The molecular formula is C12H19N3. The van der Waals surface area contributed by atoms with Crippen molar-refractivity contribution in [1.29, 1.82) is 0 Å². The van der Waals surface area contributed by atoms with E-state index in [4.69, 9.17) is 0 Å². The molecule has 3 nitrogen and oxygen atoms in total. The van der Waals surface area contributed by atoms with Gasteiger partial charge in [-0.2, -0.15) is 0 Å². The lowest BCUT2D eigenvalue weighted by Gasteiger charge is -2.11. The van der Waals surface area contributed by atoms with Gasteiger partial charge in [-0.1, -0.05) is 6.07 Å². The minimum absolute atomic E-state index is 0.710. The zero-order valence-electron chi connectivity index (χ0n) is 9.29. The Morgan fingerprint density at radius 1 is 1.53 bits per heavy atom. The maximum atomic E-state index is 4.41. The van der Waals surface area contributed by atoms with Crippen LogP contribution >= 0.6 is 0 Å². The molecule has 1 fully saturated rings. The average molecular weight is 205 g/mol. The standard InChI is InChI=1S/C12H19N3/c1-10-4-2-6-12(15-10)14-9-7-11-5-3-8-13-11/h2,4,6,11,13H,3,5,7-9H2,1H3,(H,14,15)/t11-/m1/s1. The second-order valence-electron chi connectivity index (χ2n) is 4.17. The number of hydrogen-bond acceptors (Lipinski definition) is 3. The number of nitrogens with one attached hydrogen (secondary N) is 2. The van der Waals surface area contributed by atoms with Crippen LogP contribution in [0.5, 0.6) is 0 Å².